The van der Waals surface area contributed by atoms with Gasteiger partial charge in [-0.25, -0.2) is 4.98 Å². The Labute approximate surface area is 148 Å². The van der Waals surface area contributed by atoms with Gasteiger partial charge in [-0.05, 0) is 38.9 Å². The highest BCUT2D eigenvalue weighted by molar-refractivity contribution is 5.42. The number of aryl methyl sites for hydroxylation is 1. The molecule has 5 heteroatoms. The van der Waals surface area contributed by atoms with Gasteiger partial charge >= 0.3 is 0 Å². The zero-order valence-electron chi connectivity index (χ0n) is 15.1. The number of hydrogen-bond acceptors (Lipinski definition) is 4. The van der Waals surface area contributed by atoms with Gasteiger partial charge in [0.2, 0.25) is 0 Å². The Morgan fingerprint density at radius 1 is 1.20 bits per heavy atom. The van der Waals surface area contributed by atoms with Crippen LogP contribution in [0.3, 0.4) is 0 Å². The van der Waals surface area contributed by atoms with Crippen LogP contribution in [0.4, 0.5) is 0 Å². The molecule has 25 heavy (non-hydrogen) atoms. The highest BCUT2D eigenvalue weighted by Crippen LogP contribution is 2.32. The molecule has 3 aromatic rings. The maximum absolute atomic E-state index is 5.61. The average molecular weight is 338 g/mol. The predicted molar refractivity (Wildman–Crippen MR) is 97.4 cm³/mol. The Balaban J connectivity index is 1.44. The molecule has 0 saturated heterocycles. The van der Waals surface area contributed by atoms with Crippen molar-refractivity contribution in [3.05, 3.63) is 53.3 Å². The van der Waals surface area contributed by atoms with Crippen LogP contribution < -0.4 is 0 Å². The fraction of sp³-hybridized carbons (Fsp3) is 0.500. The van der Waals surface area contributed by atoms with E-state index in [4.69, 9.17) is 4.52 Å². The van der Waals surface area contributed by atoms with Crippen molar-refractivity contribution in [2.75, 3.05) is 7.05 Å². The van der Waals surface area contributed by atoms with Gasteiger partial charge < -0.3 is 8.92 Å². The van der Waals surface area contributed by atoms with E-state index >= 15 is 0 Å². The average Bonchev–Trinajstić information content (AvgIpc) is 3.21. The molecule has 1 saturated carbocycles. The second-order valence-electron chi connectivity index (χ2n) is 7.30. The van der Waals surface area contributed by atoms with Crippen LogP contribution >= 0.6 is 0 Å². The van der Waals surface area contributed by atoms with Crippen molar-refractivity contribution in [1.29, 1.82) is 0 Å². The van der Waals surface area contributed by atoms with Crippen LogP contribution in [0.25, 0.3) is 5.65 Å². The van der Waals surface area contributed by atoms with E-state index in [9.17, 15) is 0 Å². The summed E-state index contributed by atoms with van der Waals surface area (Å²) in [5, 5.41) is 4.34. The molecule has 0 N–H and O–H groups in total. The van der Waals surface area contributed by atoms with Gasteiger partial charge in [0.1, 0.15) is 5.65 Å². The normalized spacial score (nSPS) is 16.1. The van der Waals surface area contributed by atoms with Gasteiger partial charge in [-0.3, -0.25) is 4.90 Å². The molecular formula is C20H26N4O. The molecule has 0 atom stereocenters. The highest BCUT2D eigenvalue weighted by Gasteiger charge is 2.20. The molecule has 0 bridgehead atoms. The molecule has 0 radical (unpaired) electrons. The third-order valence-electron chi connectivity index (χ3n) is 5.28. The van der Waals surface area contributed by atoms with Crippen LogP contribution in [-0.2, 0) is 13.1 Å². The van der Waals surface area contributed by atoms with Crippen LogP contribution in [0.1, 0.15) is 60.9 Å². The molecule has 0 unspecified atom stereocenters. The van der Waals surface area contributed by atoms with Crippen molar-refractivity contribution < 1.29 is 4.52 Å². The maximum atomic E-state index is 5.61. The van der Waals surface area contributed by atoms with Crippen molar-refractivity contribution in [2.45, 2.75) is 58.0 Å². The second kappa shape index (κ2) is 7.00. The topological polar surface area (TPSA) is 46.6 Å². The van der Waals surface area contributed by atoms with E-state index < -0.39 is 0 Å². The standard InChI is InChI=1S/C20H26N4O/c1-15-19(24-11-7-6-10-20(24)21-15)14-23(2)13-17-12-18(22-25-17)16-8-4-3-5-9-16/h6-7,10-12,16H,3-5,8-9,13-14H2,1-2H3. The van der Waals surface area contributed by atoms with E-state index in [1.165, 1.54) is 37.8 Å². The first-order valence-corrected chi connectivity index (χ1v) is 9.27. The highest BCUT2D eigenvalue weighted by atomic mass is 16.5. The summed E-state index contributed by atoms with van der Waals surface area (Å²) in [5.41, 5.74) is 4.46. The number of imidazole rings is 1. The van der Waals surface area contributed by atoms with E-state index in [1.807, 2.05) is 18.2 Å². The summed E-state index contributed by atoms with van der Waals surface area (Å²) in [6, 6.07) is 8.28. The van der Waals surface area contributed by atoms with E-state index in [2.05, 4.69) is 45.7 Å². The fourth-order valence-electron chi connectivity index (χ4n) is 3.93. The zero-order valence-corrected chi connectivity index (χ0v) is 15.1. The minimum absolute atomic E-state index is 0.595. The van der Waals surface area contributed by atoms with Crippen LogP contribution in [0.5, 0.6) is 0 Å². The molecule has 0 aliphatic heterocycles. The number of fused-ring (bicyclic) bond motifs is 1. The molecule has 1 fully saturated rings. The smallest absolute Gasteiger partial charge is 0.150 e. The monoisotopic (exact) mass is 338 g/mol. The first kappa shape index (κ1) is 16.3. The lowest BCUT2D eigenvalue weighted by atomic mass is 9.87. The Bertz CT molecular complexity index is 844. The van der Waals surface area contributed by atoms with Crippen molar-refractivity contribution in [1.82, 2.24) is 19.4 Å². The van der Waals surface area contributed by atoms with Crippen LogP contribution in [-0.4, -0.2) is 26.5 Å². The first-order valence-electron chi connectivity index (χ1n) is 9.27. The third-order valence-corrected chi connectivity index (χ3v) is 5.28. The minimum atomic E-state index is 0.595. The van der Waals surface area contributed by atoms with Crippen LogP contribution in [0.2, 0.25) is 0 Å². The van der Waals surface area contributed by atoms with Gasteiger partial charge in [-0.2, -0.15) is 0 Å². The lowest BCUT2D eigenvalue weighted by molar-refractivity contribution is 0.261. The summed E-state index contributed by atoms with van der Waals surface area (Å²) in [5.74, 6) is 1.55. The summed E-state index contributed by atoms with van der Waals surface area (Å²) in [6.45, 7) is 3.67. The fourth-order valence-corrected chi connectivity index (χ4v) is 3.93. The van der Waals surface area contributed by atoms with Crippen LogP contribution in [0, 0.1) is 6.92 Å². The molecule has 1 aliphatic carbocycles. The summed E-state index contributed by atoms with van der Waals surface area (Å²) < 4.78 is 7.78. The number of aromatic nitrogens is 3. The number of hydrogen-bond donors (Lipinski definition) is 0. The van der Waals surface area contributed by atoms with Gasteiger partial charge in [0, 0.05) is 24.7 Å². The maximum Gasteiger partial charge on any atom is 0.150 e. The van der Waals surface area contributed by atoms with Gasteiger partial charge in [-0.1, -0.05) is 30.5 Å². The lowest BCUT2D eigenvalue weighted by Gasteiger charge is -2.18. The van der Waals surface area contributed by atoms with Gasteiger partial charge in [-0.15, -0.1) is 0 Å². The van der Waals surface area contributed by atoms with E-state index in [-0.39, 0.29) is 0 Å². The summed E-state index contributed by atoms with van der Waals surface area (Å²) in [7, 11) is 2.12. The number of pyridine rings is 1. The number of nitrogens with zero attached hydrogens (tertiary/aromatic N) is 4. The van der Waals surface area contributed by atoms with Crippen molar-refractivity contribution >= 4 is 5.65 Å². The summed E-state index contributed by atoms with van der Waals surface area (Å²) in [6.07, 6.45) is 8.59. The molecule has 4 rings (SSSR count). The molecule has 1 aliphatic rings. The Kier molecular flexibility index (Phi) is 4.57. The largest absolute Gasteiger partial charge is 0.360 e. The first-order chi connectivity index (χ1) is 12.2. The quantitative estimate of drug-likeness (QED) is 0.695. The van der Waals surface area contributed by atoms with E-state index in [1.54, 1.807) is 0 Å². The van der Waals surface area contributed by atoms with E-state index in [0.717, 1.165) is 35.9 Å². The molecular weight excluding hydrogens is 312 g/mol. The Morgan fingerprint density at radius 2 is 2.04 bits per heavy atom. The van der Waals surface area contributed by atoms with Crippen molar-refractivity contribution in [3.63, 3.8) is 0 Å². The van der Waals surface area contributed by atoms with Crippen molar-refractivity contribution in [2.24, 2.45) is 0 Å². The van der Waals surface area contributed by atoms with Crippen LogP contribution in [0.15, 0.2) is 35.0 Å². The summed E-state index contributed by atoms with van der Waals surface area (Å²) in [4.78, 5) is 6.90. The molecule has 3 aromatic heterocycles. The lowest BCUT2D eigenvalue weighted by Crippen LogP contribution is -2.18. The molecule has 0 amide bonds. The van der Waals surface area contributed by atoms with Gasteiger partial charge in [0.15, 0.2) is 5.76 Å². The summed E-state index contributed by atoms with van der Waals surface area (Å²) >= 11 is 0. The van der Waals surface area contributed by atoms with Gasteiger partial charge in [0.05, 0.1) is 23.6 Å². The second-order valence-corrected chi connectivity index (χ2v) is 7.30. The minimum Gasteiger partial charge on any atom is -0.360 e. The van der Waals surface area contributed by atoms with E-state index in [0.29, 0.717) is 5.92 Å². The molecule has 0 spiro atoms. The third kappa shape index (κ3) is 3.47. The number of rotatable bonds is 5. The van der Waals surface area contributed by atoms with Crippen molar-refractivity contribution in [3.8, 4) is 0 Å². The molecule has 132 valence electrons. The SMILES string of the molecule is Cc1nc2ccccn2c1CN(C)Cc1cc(C2CCCCC2)no1. The zero-order chi connectivity index (χ0) is 17.2. The molecule has 0 aromatic carbocycles. The van der Waals surface area contributed by atoms with Gasteiger partial charge in [0.25, 0.3) is 0 Å². The molecule has 5 nitrogen and oxygen atoms in total. The predicted octanol–water partition coefficient (Wildman–Crippen LogP) is 4.31. The molecule has 3 heterocycles. The Hall–Kier alpha value is -2.14. The Morgan fingerprint density at radius 3 is 2.88 bits per heavy atom.